The zero-order valence-corrected chi connectivity index (χ0v) is 18.8. The molecule has 8 heteroatoms. The predicted molar refractivity (Wildman–Crippen MR) is 123 cm³/mol. The molecule has 0 heterocycles. The highest BCUT2D eigenvalue weighted by Crippen LogP contribution is 2.27. The molecule has 7 nitrogen and oxygen atoms in total. The summed E-state index contributed by atoms with van der Waals surface area (Å²) in [7, 11) is -0.689. The Bertz CT molecular complexity index is 1120. The van der Waals surface area contributed by atoms with Crippen molar-refractivity contribution in [3.8, 4) is 5.75 Å². The van der Waals surface area contributed by atoms with Crippen LogP contribution in [0, 0.1) is 0 Å². The molecule has 0 aliphatic heterocycles. The number of methoxy groups -OCH3 is 2. The number of rotatable bonds is 10. The summed E-state index contributed by atoms with van der Waals surface area (Å²) in [6.07, 6.45) is 0. The molecule has 3 aromatic rings. The molecule has 0 saturated heterocycles. The van der Waals surface area contributed by atoms with Crippen LogP contribution >= 0.6 is 0 Å². The fourth-order valence-corrected chi connectivity index (χ4v) is 4.55. The number of ether oxygens (including phenoxy) is 2. The van der Waals surface area contributed by atoms with Crippen molar-refractivity contribution in [2.75, 3.05) is 31.7 Å². The van der Waals surface area contributed by atoms with Gasteiger partial charge >= 0.3 is 0 Å². The number of sulfonamides is 1. The van der Waals surface area contributed by atoms with Gasteiger partial charge in [0.25, 0.3) is 15.9 Å². The molecule has 32 heavy (non-hydrogen) atoms. The van der Waals surface area contributed by atoms with Gasteiger partial charge in [0.15, 0.2) is 0 Å². The highest BCUT2D eigenvalue weighted by molar-refractivity contribution is 7.92. The minimum absolute atomic E-state index is 0.106. The third-order valence-electron chi connectivity index (χ3n) is 4.83. The summed E-state index contributed by atoms with van der Waals surface area (Å²) in [6.45, 7) is 0.949. The number of hydrogen-bond donors (Lipinski definition) is 1. The standard InChI is InChI=1S/C24H26N2O5S/c1-30-17-16-25-24(27)20-10-8-19(9-11-20)18-26(21-12-14-22(31-2)15-13-21)32(28,29)23-6-4-3-5-7-23/h3-15H,16-18H2,1-2H3,(H,25,27). The first-order valence-electron chi connectivity index (χ1n) is 10.0. The van der Waals surface area contributed by atoms with Crippen molar-refractivity contribution in [3.05, 3.63) is 90.0 Å². The molecule has 1 N–H and O–H groups in total. The second kappa shape index (κ2) is 10.8. The number of nitrogens with one attached hydrogen (secondary N) is 1. The second-order valence-electron chi connectivity index (χ2n) is 6.97. The fraction of sp³-hybridized carbons (Fsp3) is 0.208. The van der Waals surface area contributed by atoms with E-state index in [1.165, 1.54) is 4.31 Å². The number of nitrogens with zero attached hydrogens (tertiary/aromatic N) is 1. The molecule has 0 radical (unpaired) electrons. The first kappa shape index (κ1) is 23.3. The van der Waals surface area contributed by atoms with Crippen molar-refractivity contribution in [3.63, 3.8) is 0 Å². The smallest absolute Gasteiger partial charge is 0.264 e. The lowest BCUT2D eigenvalue weighted by Crippen LogP contribution is -2.30. The van der Waals surface area contributed by atoms with Crippen molar-refractivity contribution in [2.24, 2.45) is 0 Å². The zero-order valence-electron chi connectivity index (χ0n) is 18.0. The van der Waals surface area contributed by atoms with Crippen LogP contribution in [0.1, 0.15) is 15.9 Å². The summed E-state index contributed by atoms with van der Waals surface area (Å²) in [6, 6.07) is 22.0. The van der Waals surface area contributed by atoms with Gasteiger partial charge in [-0.05, 0) is 54.1 Å². The SMILES string of the molecule is COCCNC(=O)c1ccc(CN(c2ccc(OC)cc2)S(=O)(=O)c2ccccc2)cc1. The minimum Gasteiger partial charge on any atom is -0.497 e. The highest BCUT2D eigenvalue weighted by Gasteiger charge is 2.25. The Labute approximate surface area is 188 Å². The van der Waals surface area contributed by atoms with E-state index in [0.717, 1.165) is 5.56 Å². The molecule has 1 amide bonds. The maximum absolute atomic E-state index is 13.4. The van der Waals surface area contributed by atoms with Crippen molar-refractivity contribution < 1.29 is 22.7 Å². The van der Waals surface area contributed by atoms with Crippen LogP contribution in [0.2, 0.25) is 0 Å². The average Bonchev–Trinajstić information content (AvgIpc) is 2.83. The third-order valence-corrected chi connectivity index (χ3v) is 6.61. The Kier molecular flexibility index (Phi) is 7.86. The summed E-state index contributed by atoms with van der Waals surface area (Å²) < 4.78 is 38.3. The van der Waals surface area contributed by atoms with E-state index < -0.39 is 10.0 Å². The number of amides is 1. The van der Waals surface area contributed by atoms with E-state index in [1.54, 1.807) is 93.1 Å². The Balaban J connectivity index is 1.88. The topological polar surface area (TPSA) is 84.9 Å². The van der Waals surface area contributed by atoms with Crippen molar-refractivity contribution >= 4 is 21.6 Å². The largest absolute Gasteiger partial charge is 0.497 e. The van der Waals surface area contributed by atoms with Crippen LogP contribution in [-0.2, 0) is 21.3 Å². The van der Waals surface area contributed by atoms with Crippen LogP contribution < -0.4 is 14.4 Å². The zero-order chi connectivity index (χ0) is 23.0. The van der Waals surface area contributed by atoms with Crippen LogP contribution in [0.15, 0.2) is 83.8 Å². The molecule has 0 unspecified atom stereocenters. The second-order valence-corrected chi connectivity index (χ2v) is 8.83. The molecule has 168 valence electrons. The average molecular weight is 455 g/mol. The van der Waals surface area contributed by atoms with E-state index in [9.17, 15) is 13.2 Å². The molecule has 3 rings (SSSR count). The highest BCUT2D eigenvalue weighted by atomic mass is 32.2. The van der Waals surface area contributed by atoms with E-state index in [-0.39, 0.29) is 17.3 Å². The number of hydrogen-bond acceptors (Lipinski definition) is 5. The maximum Gasteiger partial charge on any atom is 0.264 e. The van der Waals surface area contributed by atoms with Gasteiger partial charge in [0.05, 0.1) is 30.8 Å². The van der Waals surface area contributed by atoms with Gasteiger partial charge in [-0.3, -0.25) is 9.10 Å². The van der Waals surface area contributed by atoms with Crippen LogP contribution in [0.4, 0.5) is 5.69 Å². The third kappa shape index (κ3) is 5.66. The number of anilines is 1. The van der Waals surface area contributed by atoms with Gasteiger partial charge in [-0.25, -0.2) is 8.42 Å². The minimum atomic E-state index is -3.81. The summed E-state index contributed by atoms with van der Waals surface area (Å²) >= 11 is 0. The molecule has 0 saturated carbocycles. The lowest BCUT2D eigenvalue weighted by atomic mass is 10.1. The Morgan fingerprint density at radius 3 is 2.16 bits per heavy atom. The Morgan fingerprint density at radius 2 is 1.56 bits per heavy atom. The number of carbonyl (C=O) groups excluding carboxylic acids is 1. The van der Waals surface area contributed by atoms with Crippen LogP contribution in [0.5, 0.6) is 5.75 Å². The Morgan fingerprint density at radius 1 is 0.906 bits per heavy atom. The lowest BCUT2D eigenvalue weighted by Gasteiger charge is -2.25. The predicted octanol–water partition coefficient (Wildman–Crippen LogP) is 3.47. The van der Waals surface area contributed by atoms with E-state index >= 15 is 0 Å². The van der Waals surface area contributed by atoms with Gasteiger partial charge in [0, 0.05) is 19.2 Å². The molecular weight excluding hydrogens is 428 g/mol. The van der Waals surface area contributed by atoms with E-state index in [2.05, 4.69) is 5.32 Å². The van der Waals surface area contributed by atoms with Gasteiger partial charge in [-0.15, -0.1) is 0 Å². The molecule has 0 aromatic heterocycles. The molecule has 0 bridgehead atoms. The number of carbonyl (C=O) groups is 1. The van der Waals surface area contributed by atoms with Crippen molar-refractivity contribution in [1.82, 2.24) is 5.32 Å². The number of benzene rings is 3. The molecule has 0 spiro atoms. The van der Waals surface area contributed by atoms with Gasteiger partial charge in [-0.1, -0.05) is 30.3 Å². The Hall–Kier alpha value is -3.36. The normalized spacial score (nSPS) is 11.1. The van der Waals surface area contributed by atoms with E-state index in [4.69, 9.17) is 9.47 Å². The first-order chi connectivity index (χ1) is 15.5. The lowest BCUT2D eigenvalue weighted by molar-refractivity contribution is 0.0937. The van der Waals surface area contributed by atoms with Crippen LogP contribution in [-0.4, -0.2) is 41.7 Å². The molecule has 0 fully saturated rings. The molecule has 3 aromatic carbocycles. The molecular formula is C24H26N2O5S. The fourth-order valence-electron chi connectivity index (χ4n) is 3.08. The van der Waals surface area contributed by atoms with Crippen LogP contribution in [0.25, 0.3) is 0 Å². The first-order valence-corrected chi connectivity index (χ1v) is 11.5. The monoisotopic (exact) mass is 454 g/mol. The molecule has 0 aliphatic rings. The van der Waals surface area contributed by atoms with Gasteiger partial charge in [-0.2, -0.15) is 0 Å². The van der Waals surface area contributed by atoms with Gasteiger partial charge < -0.3 is 14.8 Å². The maximum atomic E-state index is 13.4. The quantitative estimate of drug-likeness (QED) is 0.474. The summed E-state index contributed by atoms with van der Waals surface area (Å²) in [5.41, 5.74) is 1.75. The molecule has 0 aliphatic carbocycles. The van der Waals surface area contributed by atoms with Crippen molar-refractivity contribution in [1.29, 1.82) is 0 Å². The summed E-state index contributed by atoms with van der Waals surface area (Å²) in [5.74, 6) is 0.423. The van der Waals surface area contributed by atoms with E-state index in [1.807, 2.05) is 0 Å². The van der Waals surface area contributed by atoms with E-state index in [0.29, 0.717) is 30.2 Å². The van der Waals surface area contributed by atoms with Crippen molar-refractivity contribution in [2.45, 2.75) is 11.4 Å². The summed E-state index contributed by atoms with van der Waals surface area (Å²) in [4.78, 5) is 12.4. The van der Waals surface area contributed by atoms with Gasteiger partial charge in [0.2, 0.25) is 0 Å². The molecule has 0 atom stereocenters. The van der Waals surface area contributed by atoms with Crippen LogP contribution in [0.3, 0.4) is 0 Å². The summed E-state index contributed by atoms with van der Waals surface area (Å²) in [5, 5.41) is 2.76. The van der Waals surface area contributed by atoms with Gasteiger partial charge in [0.1, 0.15) is 5.75 Å².